The molecule has 1 aromatic carbocycles. The van der Waals surface area contributed by atoms with Crippen molar-refractivity contribution in [3.05, 3.63) is 48.0 Å². The minimum absolute atomic E-state index is 0.0258. The highest BCUT2D eigenvalue weighted by Gasteiger charge is 2.11. The van der Waals surface area contributed by atoms with Crippen molar-refractivity contribution in [2.24, 2.45) is 0 Å². The van der Waals surface area contributed by atoms with Crippen molar-refractivity contribution < 1.29 is 9.59 Å². The Balaban J connectivity index is 2.52. The lowest BCUT2D eigenvalue weighted by Gasteiger charge is -2.21. The lowest BCUT2D eigenvalue weighted by Crippen LogP contribution is -2.33. The fourth-order valence-corrected chi connectivity index (χ4v) is 1.77. The fraction of sp³-hybridized carbons (Fsp3) is 0.375. The summed E-state index contributed by atoms with van der Waals surface area (Å²) < 4.78 is 0. The van der Waals surface area contributed by atoms with Gasteiger partial charge in [-0.2, -0.15) is 0 Å². The van der Waals surface area contributed by atoms with Crippen molar-refractivity contribution in [2.45, 2.75) is 26.8 Å². The van der Waals surface area contributed by atoms with E-state index in [0.29, 0.717) is 26.1 Å². The molecule has 0 aromatic heterocycles. The Morgan fingerprint density at radius 1 is 1.30 bits per heavy atom. The minimum Gasteiger partial charge on any atom is -0.353 e. The van der Waals surface area contributed by atoms with Crippen LogP contribution in [-0.4, -0.2) is 29.8 Å². The van der Waals surface area contributed by atoms with Gasteiger partial charge in [-0.15, -0.1) is 6.58 Å². The second kappa shape index (κ2) is 8.15. The summed E-state index contributed by atoms with van der Waals surface area (Å²) in [5.41, 5.74) is 2.25. The number of hydrogen-bond acceptors (Lipinski definition) is 2. The summed E-state index contributed by atoms with van der Waals surface area (Å²) in [6, 6.07) is 8.04. The van der Waals surface area contributed by atoms with Crippen LogP contribution in [0.1, 0.15) is 24.5 Å². The molecule has 4 nitrogen and oxygen atoms in total. The van der Waals surface area contributed by atoms with Crippen LogP contribution in [0.3, 0.4) is 0 Å². The maximum Gasteiger partial charge on any atom is 0.222 e. The number of carbonyl (C=O) groups is 2. The molecule has 0 aliphatic carbocycles. The minimum atomic E-state index is -0.0694. The van der Waals surface area contributed by atoms with E-state index in [9.17, 15) is 9.59 Å². The smallest absolute Gasteiger partial charge is 0.222 e. The van der Waals surface area contributed by atoms with Crippen molar-refractivity contribution in [1.82, 2.24) is 10.2 Å². The number of amides is 2. The van der Waals surface area contributed by atoms with E-state index < -0.39 is 0 Å². The standard InChI is InChI=1S/C16H22N2O2/c1-4-10-17-16(20)9-11-18(14(3)19)12-15-7-5-13(2)6-8-15/h4-8H,1,9-12H2,2-3H3,(H,17,20). The Hall–Kier alpha value is -2.10. The highest BCUT2D eigenvalue weighted by Crippen LogP contribution is 2.07. The molecule has 0 fully saturated rings. The van der Waals surface area contributed by atoms with E-state index >= 15 is 0 Å². The van der Waals surface area contributed by atoms with Crippen LogP contribution >= 0.6 is 0 Å². The number of nitrogens with one attached hydrogen (secondary N) is 1. The van der Waals surface area contributed by atoms with Gasteiger partial charge in [0.1, 0.15) is 0 Å². The van der Waals surface area contributed by atoms with Crippen molar-refractivity contribution in [2.75, 3.05) is 13.1 Å². The van der Waals surface area contributed by atoms with Crippen LogP contribution in [0, 0.1) is 6.92 Å². The van der Waals surface area contributed by atoms with E-state index in [-0.39, 0.29) is 11.8 Å². The molecule has 0 saturated heterocycles. The largest absolute Gasteiger partial charge is 0.353 e. The quantitative estimate of drug-likeness (QED) is 0.773. The van der Waals surface area contributed by atoms with Crippen molar-refractivity contribution in [3.8, 4) is 0 Å². The SMILES string of the molecule is C=CCNC(=O)CCN(Cc1ccc(C)cc1)C(C)=O. The molecule has 0 heterocycles. The van der Waals surface area contributed by atoms with Crippen LogP contribution in [-0.2, 0) is 16.1 Å². The van der Waals surface area contributed by atoms with Crippen molar-refractivity contribution in [1.29, 1.82) is 0 Å². The zero-order chi connectivity index (χ0) is 15.0. The van der Waals surface area contributed by atoms with Gasteiger partial charge >= 0.3 is 0 Å². The van der Waals surface area contributed by atoms with Gasteiger partial charge in [0.15, 0.2) is 0 Å². The normalized spacial score (nSPS) is 9.90. The van der Waals surface area contributed by atoms with Gasteiger partial charge < -0.3 is 10.2 Å². The number of aryl methyl sites for hydroxylation is 1. The van der Waals surface area contributed by atoms with Crippen LogP contribution in [0.15, 0.2) is 36.9 Å². The van der Waals surface area contributed by atoms with Crippen molar-refractivity contribution >= 4 is 11.8 Å². The fourth-order valence-electron chi connectivity index (χ4n) is 1.77. The zero-order valence-corrected chi connectivity index (χ0v) is 12.2. The van der Waals surface area contributed by atoms with Gasteiger partial charge in [-0.05, 0) is 12.5 Å². The van der Waals surface area contributed by atoms with Gasteiger partial charge in [-0.25, -0.2) is 0 Å². The predicted octanol–water partition coefficient (Wildman–Crippen LogP) is 2.04. The first-order chi connectivity index (χ1) is 9.52. The Morgan fingerprint density at radius 3 is 2.50 bits per heavy atom. The second-order valence-electron chi connectivity index (χ2n) is 4.77. The lowest BCUT2D eigenvalue weighted by atomic mass is 10.1. The molecule has 4 heteroatoms. The predicted molar refractivity (Wildman–Crippen MR) is 80.1 cm³/mol. The molecule has 20 heavy (non-hydrogen) atoms. The molecule has 2 amide bonds. The van der Waals surface area contributed by atoms with Crippen LogP contribution in [0.25, 0.3) is 0 Å². The Labute approximate surface area is 120 Å². The number of hydrogen-bond donors (Lipinski definition) is 1. The van der Waals surface area contributed by atoms with Gasteiger partial charge in [0.05, 0.1) is 0 Å². The molecule has 1 N–H and O–H groups in total. The Morgan fingerprint density at radius 2 is 1.95 bits per heavy atom. The van der Waals surface area contributed by atoms with Gasteiger partial charge in [0, 0.05) is 33.0 Å². The first-order valence-electron chi connectivity index (χ1n) is 6.71. The van der Waals surface area contributed by atoms with E-state index in [4.69, 9.17) is 0 Å². The van der Waals surface area contributed by atoms with E-state index in [1.54, 1.807) is 11.0 Å². The molecule has 0 aliphatic rings. The average Bonchev–Trinajstić information content (AvgIpc) is 2.42. The molecule has 0 radical (unpaired) electrons. The number of carbonyl (C=O) groups excluding carboxylic acids is 2. The summed E-state index contributed by atoms with van der Waals surface area (Å²) in [4.78, 5) is 24.8. The molecule has 0 unspecified atom stereocenters. The molecule has 1 aromatic rings. The summed E-state index contributed by atoms with van der Waals surface area (Å²) >= 11 is 0. The summed E-state index contributed by atoms with van der Waals surface area (Å²) in [5.74, 6) is -0.0952. The third kappa shape index (κ3) is 5.69. The van der Waals surface area contributed by atoms with Gasteiger partial charge in [0.2, 0.25) is 11.8 Å². The lowest BCUT2D eigenvalue weighted by molar-refractivity contribution is -0.130. The molecule has 0 saturated carbocycles. The monoisotopic (exact) mass is 274 g/mol. The van der Waals surface area contributed by atoms with Gasteiger partial charge in [0.25, 0.3) is 0 Å². The van der Waals surface area contributed by atoms with E-state index in [1.165, 1.54) is 12.5 Å². The Bertz CT molecular complexity index is 466. The maximum atomic E-state index is 11.6. The maximum absolute atomic E-state index is 11.6. The summed E-state index contributed by atoms with van der Waals surface area (Å²) in [6.07, 6.45) is 1.94. The topological polar surface area (TPSA) is 49.4 Å². The third-order valence-electron chi connectivity index (χ3n) is 2.99. The number of nitrogens with zero attached hydrogens (tertiary/aromatic N) is 1. The van der Waals surface area contributed by atoms with Crippen LogP contribution < -0.4 is 5.32 Å². The first-order valence-corrected chi connectivity index (χ1v) is 6.71. The molecule has 0 atom stereocenters. The summed E-state index contributed by atoms with van der Waals surface area (Å²) in [7, 11) is 0. The molecular weight excluding hydrogens is 252 g/mol. The number of benzene rings is 1. The van der Waals surface area contributed by atoms with Crippen LogP contribution in [0.2, 0.25) is 0 Å². The molecule has 0 bridgehead atoms. The molecular formula is C16H22N2O2. The average molecular weight is 274 g/mol. The molecule has 108 valence electrons. The van der Waals surface area contributed by atoms with E-state index in [1.807, 2.05) is 31.2 Å². The molecule has 0 spiro atoms. The van der Waals surface area contributed by atoms with E-state index in [0.717, 1.165) is 5.56 Å². The Kier molecular flexibility index (Phi) is 6.50. The van der Waals surface area contributed by atoms with Crippen LogP contribution in [0.5, 0.6) is 0 Å². The van der Waals surface area contributed by atoms with E-state index in [2.05, 4.69) is 11.9 Å². The molecule has 0 aliphatic heterocycles. The third-order valence-corrected chi connectivity index (χ3v) is 2.99. The van der Waals surface area contributed by atoms with Crippen molar-refractivity contribution in [3.63, 3.8) is 0 Å². The van der Waals surface area contributed by atoms with Gasteiger partial charge in [-0.1, -0.05) is 35.9 Å². The summed E-state index contributed by atoms with van der Waals surface area (Å²) in [5, 5.41) is 2.70. The molecule has 1 rings (SSSR count). The second-order valence-corrected chi connectivity index (χ2v) is 4.77. The highest BCUT2D eigenvalue weighted by molar-refractivity contribution is 5.78. The highest BCUT2D eigenvalue weighted by atomic mass is 16.2. The first kappa shape index (κ1) is 16.0. The number of rotatable bonds is 7. The zero-order valence-electron chi connectivity index (χ0n) is 12.2. The van der Waals surface area contributed by atoms with Crippen LogP contribution in [0.4, 0.5) is 0 Å². The van der Waals surface area contributed by atoms with Gasteiger partial charge in [-0.3, -0.25) is 9.59 Å². The summed E-state index contributed by atoms with van der Waals surface area (Å²) in [6.45, 7) is 8.50.